The van der Waals surface area contributed by atoms with Gasteiger partial charge in [-0.25, -0.2) is 9.97 Å². The quantitative estimate of drug-likeness (QED) is 0.795. The first-order chi connectivity index (χ1) is 8.69. The zero-order valence-corrected chi connectivity index (χ0v) is 10.5. The van der Waals surface area contributed by atoms with Gasteiger partial charge in [-0.3, -0.25) is 4.79 Å². The predicted octanol–water partition coefficient (Wildman–Crippen LogP) is 2.56. The van der Waals surface area contributed by atoms with Crippen LogP contribution in [-0.4, -0.2) is 22.9 Å². The Balaban J connectivity index is 2.16. The molecule has 4 nitrogen and oxygen atoms in total. The summed E-state index contributed by atoms with van der Waals surface area (Å²) in [5.41, 5.74) is 1.19. The molecule has 18 heavy (non-hydrogen) atoms. The van der Waals surface area contributed by atoms with E-state index in [4.69, 9.17) is 16.3 Å². The third kappa shape index (κ3) is 3.05. The molecule has 0 aliphatic heterocycles. The molecule has 0 radical (unpaired) electrons. The van der Waals surface area contributed by atoms with Crippen LogP contribution in [-0.2, 0) is 6.42 Å². The van der Waals surface area contributed by atoms with Crippen LogP contribution in [0.2, 0.25) is 5.02 Å². The van der Waals surface area contributed by atoms with Crippen molar-refractivity contribution in [3.05, 3.63) is 52.9 Å². The maximum absolute atomic E-state index is 12.0. The number of carbonyl (C=O) groups excluding carboxylic acids is 1. The van der Waals surface area contributed by atoms with Crippen molar-refractivity contribution in [2.75, 3.05) is 7.11 Å². The van der Waals surface area contributed by atoms with E-state index in [1.54, 1.807) is 30.3 Å². The highest BCUT2D eigenvalue weighted by molar-refractivity contribution is 6.31. The SMILES string of the molecule is COc1cc(CC(=O)c2cccc(Cl)c2)ncn1. The number of ether oxygens (including phenoxy) is 1. The number of nitrogens with zero attached hydrogens (tertiary/aromatic N) is 2. The molecule has 1 aromatic heterocycles. The molecule has 0 bridgehead atoms. The summed E-state index contributed by atoms with van der Waals surface area (Å²) in [6.45, 7) is 0. The first-order valence-corrected chi connectivity index (χ1v) is 5.70. The van der Waals surface area contributed by atoms with Gasteiger partial charge in [0.1, 0.15) is 6.33 Å². The van der Waals surface area contributed by atoms with Gasteiger partial charge < -0.3 is 4.74 Å². The first kappa shape index (κ1) is 12.5. The highest BCUT2D eigenvalue weighted by Crippen LogP contribution is 2.14. The number of carbonyl (C=O) groups is 1. The van der Waals surface area contributed by atoms with E-state index in [-0.39, 0.29) is 12.2 Å². The van der Waals surface area contributed by atoms with Gasteiger partial charge in [0, 0.05) is 16.7 Å². The Kier molecular flexibility index (Phi) is 3.89. The fraction of sp³-hybridized carbons (Fsp3) is 0.154. The number of aromatic nitrogens is 2. The second-order valence-corrected chi connectivity index (χ2v) is 4.10. The lowest BCUT2D eigenvalue weighted by Crippen LogP contribution is -2.05. The smallest absolute Gasteiger partial charge is 0.216 e. The molecule has 0 saturated carbocycles. The molecular formula is C13H11ClN2O2. The van der Waals surface area contributed by atoms with E-state index in [0.29, 0.717) is 22.2 Å². The lowest BCUT2D eigenvalue weighted by Gasteiger charge is -2.03. The molecule has 5 heteroatoms. The Bertz CT molecular complexity index is 572. The number of benzene rings is 1. The summed E-state index contributed by atoms with van der Waals surface area (Å²) in [7, 11) is 1.52. The first-order valence-electron chi connectivity index (χ1n) is 5.32. The van der Waals surface area contributed by atoms with Gasteiger partial charge in [0.2, 0.25) is 5.88 Å². The van der Waals surface area contributed by atoms with Crippen molar-refractivity contribution in [2.45, 2.75) is 6.42 Å². The molecule has 92 valence electrons. The zero-order valence-electron chi connectivity index (χ0n) is 9.76. The maximum atomic E-state index is 12.0. The molecule has 0 aliphatic carbocycles. The number of hydrogen-bond acceptors (Lipinski definition) is 4. The van der Waals surface area contributed by atoms with E-state index in [1.165, 1.54) is 13.4 Å². The average molecular weight is 263 g/mol. The van der Waals surface area contributed by atoms with Crippen LogP contribution < -0.4 is 4.74 Å². The topological polar surface area (TPSA) is 52.1 Å². The van der Waals surface area contributed by atoms with Crippen molar-refractivity contribution in [3.63, 3.8) is 0 Å². The van der Waals surface area contributed by atoms with Gasteiger partial charge in [-0.15, -0.1) is 0 Å². The van der Waals surface area contributed by atoms with Crippen LogP contribution in [0.25, 0.3) is 0 Å². The number of rotatable bonds is 4. The molecule has 0 fully saturated rings. The van der Waals surface area contributed by atoms with E-state index in [9.17, 15) is 4.79 Å². The highest BCUT2D eigenvalue weighted by Gasteiger charge is 2.09. The van der Waals surface area contributed by atoms with Gasteiger partial charge in [0.05, 0.1) is 19.2 Å². The van der Waals surface area contributed by atoms with Crippen molar-refractivity contribution in [2.24, 2.45) is 0 Å². The Morgan fingerprint density at radius 3 is 2.89 bits per heavy atom. The maximum Gasteiger partial charge on any atom is 0.216 e. The summed E-state index contributed by atoms with van der Waals surface area (Å²) in [5, 5.41) is 0.543. The molecule has 2 rings (SSSR count). The van der Waals surface area contributed by atoms with Gasteiger partial charge in [-0.05, 0) is 12.1 Å². The zero-order chi connectivity index (χ0) is 13.0. The average Bonchev–Trinajstić information content (AvgIpc) is 2.39. The summed E-state index contributed by atoms with van der Waals surface area (Å²) in [6, 6.07) is 8.49. The third-order valence-electron chi connectivity index (χ3n) is 2.40. The Hall–Kier alpha value is -1.94. The van der Waals surface area contributed by atoms with Crippen molar-refractivity contribution in [3.8, 4) is 5.88 Å². The van der Waals surface area contributed by atoms with E-state index in [2.05, 4.69) is 9.97 Å². The molecule has 0 saturated heterocycles. The molecule has 0 spiro atoms. The van der Waals surface area contributed by atoms with Gasteiger partial charge >= 0.3 is 0 Å². The Morgan fingerprint density at radius 1 is 1.33 bits per heavy atom. The fourth-order valence-corrected chi connectivity index (χ4v) is 1.70. The molecular weight excluding hydrogens is 252 g/mol. The summed E-state index contributed by atoms with van der Waals surface area (Å²) >= 11 is 5.84. The van der Waals surface area contributed by atoms with Gasteiger partial charge in [-0.2, -0.15) is 0 Å². The second-order valence-electron chi connectivity index (χ2n) is 3.66. The molecule has 1 aromatic carbocycles. The van der Waals surface area contributed by atoms with Gasteiger partial charge in [-0.1, -0.05) is 23.7 Å². The number of ketones is 1. The number of halogens is 1. The normalized spacial score (nSPS) is 10.1. The van der Waals surface area contributed by atoms with Crippen LogP contribution in [0, 0.1) is 0 Å². The van der Waals surface area contributed by atoms with Crippen LogP contribution in [0.5, 0.6) is 5.88 Å². The van der Waals surface area contributed by atoms with E-state index >= 15 is 0 Å². The molecule has 0 N–H and O–H groups in total. The number of methoxy groups -OCH3 is 1. The van der Waals surface area contributed by atoms with Crippen LogP contribution in [0.15, 0.2) is 36.7 Å². The lowest BCUT2D eigenvalue weighted by atomic mass is 10.1. The molecule has 0 atom stereocenters. The van der Waals surface area contributed by atoms with Crippen molar-refractivity contribution in [1.82, 2.24) is 9.97 Å². The minimum Gasteiger partial charge on any atom is -0.481 e. The number of hydrogen-bond donors (Lipinski definition) is 0. The monoisotopic (exact) mass is 262 g/mol. The van der Waals surface area contributed by atoms with E-state index < -0.39 is 0 Å². The molecule has 0 unspecified atom stereocenters. The van der Waals surface area contributed by atoms with Crippen LogP contribution >= 0.6 is 11.6 Å². The second kappa shape index (κ2) is 5.60. The summed E-state index contributed by atoms with van der Waals surface area (Å²) in [6.07, 6.45) is 1.57. The van der Waals surface area contributed by atoms with Gasteiger partial charge in [0.15, 0.2) is 5.78 Å². The molecule has 0 aliphatic rings. The predicted molar refractivity (Wildman–Crippen MR) is 68.1 cm³/mol. The van der Waals surface area contributed by atoms with Crippen LogP contribution in [0.3, 0.4) is 0 Å². The standard InChI is InChI=1S/C13H11ClN2O2/c1-18-13-7-11(15-8-16-13)6-12(17)9-3-2-4-10(14)5-9/h2-5,7-8H,6H2,1H3. The van der Waals surface area contributed by atoms with Crippen molar-refractivity contribution < 1.29 is 9.53 Å². The third-order valence-corrected chi connectivity index (χ3v) is 2.63. The Morgan fingerprint density at radius 2 is 2.17 bits per heavy atom. The van der Waals surface area contributed by atoms with Crippen molar-refractivity contribution in [1.29, 1.82) is 0 Å². The van der Waals surface area contributed by atoms with E-state index in [1.807, 2.05) is 0 Å². The summed E-state index contributed by atoms with van der Waals surface area (Å²) in [4.78, 5) is 19.9. The van der Waals surface area contributed by atoms with Crippen LogP contribution in [0.1, 0.15) is 16.1 Å². The van der Waals surface area contributed by atoms with E-state index in [0.717, 1.165) is 0 Å². The summed E-state index contributed by atoms with van der Waals surface area (Å²) < 4.78 is 4.98. The van der Waals surface area contributed by atoms with Gasteiger partial charge in [0.25, 0.3) is 0 Å². The van der Waals surface area contributed by atoms with Crippen LogP contribution in [0.4, 0.5) is 0 Å². The minimum absolute atomic E-state index is 0.0433. The largest absolute Gasteiger partial charge is 0.481 e. The lowest BCUT2D eigenvalue weighted by molar-refractivity contribution is 0.0992. The highest BCUT2D eigenvalue weighted by atomic mass is 35.5. The minimum atomic E-state index is -0.0433. The molecule has 1 heterocycles. The fourth-order valence-electron chi connectivity index (χ4n) is 1.51. The molecule has 2 aromatic rings. The number of Topliss-reactive ketones (excluding diaryl/α,β-unsaturated/α-hetero) is 1. The summed E-state index contributed by atoms with van der Waals surface area (Å²) in [5.74, 6) is 0.400. The van der Waals surface area contributed by atoms with Crippen molar-refractivity contribution >= 4 is 17.4 Å². The Labute approximate surface area is 110 Å². The molecule has 0 amide bonds.